The number of amides is 1. The lowest BCUT2D eigenvalue weighted by Crippen LogP contribution is -2.47. The van der Waals surface area contributed by atoms with Gasteiger partial charge in [-0.3, -0.25) is 9.78 Å². The van der Waals surface area contributed by atoms with Crippen LogP contribution < -0.4 is 5.32 Å². The molecular formula is C24H30N2O3. The standard InChI is InChI=1S/C24H30N2O3/c27-23(26-18-20-7-13-28-14-8-20)24(9-15-29-16-10-24)17-19-1-3-21(4-2-19)22-5-11-25-12-6-22/h1-6,11-12,20H,7-10,13-18H2,(H,26,27). The van der Waals surface area contributed by atoms with Gasteiger partial charge in [0.2, 0.25) is 5.91 Å². The lowest BCUT2D eigenvalue weighted by Gasteiger charge is -2.36. The highest BCUT2D eigenvalue weighted by molar-refractivity contribution is 5.83. The van der Waals surface area contributed by atoms with E-state index in [-0.39, 0.29) is 11.3 Å². The molecule has 0 atom stereocenters. The molecule has 4 rings (SSSR count). The van der Waals surface area contributed by atoms with Gasteiger partial charge in [0.15, 0.2) is 0 Å². The fourth-order valence-electron chi connectivity index (χ4n) is 4.37. The molecule has 154 valence electrons. The highest BCUT2D eigenvalue weighted by atomic mass is 16.5. The Morgan fingerprint density at radius 2 is 1.55 bits per heavy atom. The summed E-state index contributed by atoms with van der Waals surface area (Å²) in [5, 5.41) is 3.26. The third kappa shape index (κ3) is 5.03. The van der Waals surface area contributed by atoms with Crippen molar-refractivity contribution in [3.63, 3.8) is 0 Å². The Morgan fingerprint density at radius 1 is 0.931 bits per heavy atom. The van der Waals surface area contributed by atoms with Crippen LogP contribution in [-0.4, -0.2) is 43.9 Å². The van der Waals surface area contributed by atoms with E-state index in [1.54, 1.807) is 0 Å². The van der Waals surface area contributed by atoms with E-state index >= 15 is 0 Å². The lowest BCUT2D eigenvalue weighted by molar-refractivity contribution is -0.137. The molecule has 29 heavy (non-hydrogen) atoms. The third-order valence-corrected chi connectivity index (χ3v) is 6.33. The molecule has 0 aliphatic carbocycles. The van der Waals surface area contributed by atoms with Gasteiger partial charge in [0.1, 0.15) is 0 Å². The largest absolute Gasteiger partial charge is 0.381 e. The van der Waals surface area contributed by atoms with Crippen molar-refractivity contribution in [1.82, 2.24) is 10.3 Å². The summed E-state index contributed by atoms with van der Waals surface area (Å²) >= 11 is 0. The van der Waals surface area contributed by atoms with Gasteiger partial charge in [-0.15, -0.1) is 0 Å². The van der Waals surface area contributed by atoms with Gasteiger partial charge in [0.25, 0.3) is 0 Å². The van der Waals surface area contributed by atoms with Crippen molar-refractivity contribution < 1.29 is 14.3 Å². The molecule has 3 heterocycles. The van der Waals surface area contributed by atoms with Crippen molar-refractivity contribution in [3.05, 3.63) is 54.4 Å². The SMILES string of the molecule is O=C(NCC1CCOCC1)C1(Cc2ccc(-c3ccncc3)cc2)CCOCC1. The molecule has 5 nitrogen and oxygen atoms in total. The van der Waals surface area contributed by atoms with Gasteiger partial charge in [-0.05, 0) is 66.8 Å². The normalized spacial score (nSPS) is 19.6. The maximum absolute atomic E-state index is 13.3. The van der Waals surface area contributed by atoms with E-state index in [1.807, 2.05) is 24.5 Å². The van der Waals surface area contributed by atoms with Crippen LogP contribution in [0.3, 0.4) is 0 Å². The second-order valence-corrected chi connectivity index (χ2v) is 8.27. The summed E-state index contributed by atoms with van der Waals surface area (Å²) < 4.78 is 11.0. The molecule has 1 aromatic carbocycles. The summed E-state index contributed by atoms with van der Waals surface area (Å²) in [5.41, 5.74) is 3.15. The Hall–Kier alpha value is -2.24. The Kier molecular flexibility index (Phi) is 6.57. The van der Waals surface area contributed by atoms with Crippen molar-refractivity contribution in [1.29, 1.82) is 0 Å². The molecule has 2 aromatic rings. The maximum atomic E-state index is 13.3. The van der Waals surface area contributed by atoms with Crippen LogP contribution in [0.4, 0.5) is 0 Å². The molecule has 1 N–H and O–H groups in total. The van der Waals surface area contributed by atoms with Crippen molar-refractivity contribution >= 4 is 5.91 Å². The van der Waals surface area contributed by atoms with Gasteiger partial charge in [-0.2, -0.15) is 0 Å². The summed E-state index contributed by atoms with van der Waals surface area (Å²) in [6.07, 6.45) is 8.00. The van der Waals surface area contributed by atoms with Crippen molar-refractivity contribution in [2.24, 2.45) is 11.3 Å². The molecule has 2 aliphatic heterocycles. The van der Waals surface area contributed by atoms with Crippen molar-refractivity contribution in [2.45, 2.75) is 32.1 Å². The summed E-state index contributed by atoms with van der Waals surface area (Å²) in [5.74, 6) is 0.717. The van der Waals surface area contributed by atoms with E-state index in [9.17, 15) is 4.79 Å². The first-order chi connectivity index (χ1) is 14.3. The molecule has 2 saturated heterocycles. The topological polar surface area (TPSA) is 60.5 Å². The van der Waals surface area contributed by atoms with Crippen LogP contribution >= 0.6 is 0 Å². The molecule has 0 bridgehead atoms. The zero-order valence-electron chi connectivity index (χ0n) is 16.9. The predicted octanol–water partition coefficient (Wildman–Crippen LogP) is 3.63. The lowest BCUT2D eigenvalue weighted by atomic mass is 9.74. The van der Waals surface area contributed by atoms with Gasteiger partial charge in [0, 0.05) is 45.4 Å². The van der Waals surface area contributed by atoms with Crippen LogP contribution in [0, 0.1) is 11.3 Å². The van der Waals surface area contributed by atoms with Gasteiger partial charge < -0.3 is 14.8 Å². The average Bonchev–Trinajstić information content (AvgIpc) is 2.80. The van der Waals surface area contributed by atoms with E-state index in [0.717, 1.165) is 57.4 Å². The van der Waals surface area contributed by atoms with Crippen LogP contribution in [0.25, 0.3) is 11.1 Å². The monoisotopic (exact) mass is 394 g/mol. The molecule has 0 radical (unpaired) electrons. The van der Waals surface area contributed by atoms with E-state index in [1.165, 1.54) is 11.1 Å². The average molecular weight is 395 g/mol. The highest BCUT2D eigenvalue weighted by Gasteiger charge is 2.40. The van der Waals surface area contributed by atoms with Crippen molar-refractivity contribution in [2.75, 3.05) is 33.0 Å². The Labute approximate surface area is 172 Å². The van der Waals surface area contributed by atoms with Crippen LogP contribution in [-0.2, 0) is 20.7 Å². The van der Waals surface area contributed by atoms with Gasteiger partial charge in [-0.25, -0.2) is 0 Å². The smallest absolute Gasteiger partial charge is 0.226 e. The molecule has 1 amide bonds. The number of nitrogens with zero attached hydrogens (tertiary/aromatic N) is 1. The molecule has 1 aromatic heterocycles. The van der Waals surface area contributed by atoms with Gasteiger partial charge >= 0.3 is 0 Å². The Morgan fingerprint density at radius 3 is 2.24 bits per heavy atom. The second-order valence-electron chi connectivity index (χ2n) is 8.27. The second kappa shape index (κ2) is 9.51. The van der Waals surface area contributed by atoms with Crippen LogP contribution in [0.1, 0.15) is 31.2 Å². The number of hydrogen-bond donors (Lipinski definition) is 1. The first kappa shape index (κ1) is 20.0. The fourth-order valence-corrected chi connectivity index (χ4v) is 4.37. The predicted molar refractivity (Wildman–Crippen MR) is 112 cm³/mol. The van der Waals surface area contributed by atoms with E-state index < -0.39 is 0 Å². The Bertz CT molecular complexity index is 780. The minimum Gasteiger partial charge on any atom is -0.381 e. The minimum atomic E-state index is -0.373. The number of aromatic nitrogens is 1. The summed E-state index contributed by atoms with van der Waals surface area (Å²) in [6, 6.07) is 12.6. The molecular weight excluding hydrogens is 364 g/mol. The zero-order chi connectivity index (χ0) is 19.9. The molecule has 0 spiro atoms. The van der Waals surface area contributed by atoms with E-state index in [0.29, 0.717) is 19.1 Å². The number of hydrogen-bond acceptors (Lipinski definition) is 4. The number of carbonyl (C=O) groups is 1. The number of ether oxygens (including phenoxy) is 2. The zero-order valence-corrected chi connectivity index (χ0v) is 16.9. The summed E-state index contributed by atoms with van der Waals surface area (Å²) in [7, 11) is 0. The number of carbonyl (C=O) groups excluding carboxylic acids is 1. The highest BCUT2D eigenvalue weighted by Crippen LogP contribution is 2.35. The maximum Gasteiger partial charge on any atom is 0.226 e. The molecule has 2 aliphatic rings. The van der Waals surface area contributed by atoms with E-state index in [2.05, 4.69) is 34.6 Å². The number of benzene rings is 1. The molecule has 0 saturated carbocycles. The molecule has 2 fully saturated rings. The molecule has 5 heteroatoms. The minimum absolute atomic E-state index is 0.186. The molecule has 0 unspecified atom stereocenters. The number of rotatable bonds is 6. The first-order valence-corrected chi connectivity index (χ1v) is 10.7. The van der Waals surface area contributed by atoms with Crippen LogP contribution in [0.15, 0.2) is 48.8 Å². The third-order valence-electron chi connectivity index (χ3n) is 6.33. The quantitative estimate of drug-likeness (QED) is 0.813. The van der Waals surface area contributed by atoms with Crippen LogP contribution in [0.2, 0.25) is 0 Å². The summed E-state index contributed by atoms with van der Waals surface area (Å²) in [4.78, 5) is 17.3. The van der Waals surface area contributed by atoms with Crippen LogP contribution in [0.5, 0.6) is 0 Å². The fraction of sp³-hybridized carbons (Fsp3) is 0.500. The summed E-state index contributed by atoms with van der Waals surface area (Å²) in [6.45, 7) is 3.68. The van der Waals surface area contributed by atoms with Gasteiger partial charge in [-0.1, -0.05) is 24.3 Å². The first-order valence-electron chi connectivity index (χ1n) is 10.7. The van der Waals surface area contributed by atoms with Gasteiger partial charge in [0.05, 0.1) is 5.41 Å². The number of nitrogens with one attached hydrogen (secondary N) is 1. The Balaban J connectivity index is 1.44. The van der Waals surface area contributed by atoms with Crippen molar-refractivity contribution in [3.8, 4) is 11.1 Å². The number of pyridine rings is 1. The van der Waals surface area contributed by atoms with E-state index in [4.69, 9.17) is 9.47 Å².